The van der Waals surface area contributed by atoms with E-state index in [-0.39, 0.29) is 5.82 Å². The summed E-state index contributed by atoms with van der Waals surface area (Å²) in [5, 5.41) is 3.33. The average Bonchev–Trinajstić information content (AvgIpc) is 2.91. The second-order valence-corrected chi connectivity index (χ2v) is 5.89. The molecule has 130 valence electrons. The molecule has 0 aliphatic heterocycles. The van der Waals surface area contributed by atoms with E-state index >= 15 is 0 Å². The molecule has 0 saturated carbocycles. The van der Waals surface area contributed by atoms with Gasteiger partial charge in [0.2, 0.25) is 5.95 Å². The fourth-order valence-electron chi connectivity index (χ4n) is 2.51. The van der Waals surface area contributed by atoms with E-state index in [4.69, 9.17) is 0 Å². The molecule has 1 aromatic heterocycles. The number of rotatable bonds is 5. The highest BCUT2D eigenvalue weighted by molar-refractivity contribution is 5.79. The van der Waals surface area contributed by atoms with E-state index in [0.29, 0.717) is 13.1 Å². The standard InChI is InChI=1S/C17H25FN6/c1-19-16(23(4)12-13-6-8-14(18)9-7-13)20-10-15-11-21-17(22(2)3)24(15)5/h6-9,11H,10,12H2,1-5H3,(H,19,20). The summed E-state index contributed by atoms with van der Waals surface area (Å²) in [6.45, 7) is 1.27. The summed E-state index contributed by atoms with van der Waals surface area (Å²) in [6, 6.07) is 6.50. The van der Waals surface area contributed by atoms with Gasteiger partial charge >= 0.3 is 0 Å². The van der Waals surface area contributed by atoms with Crippen molar-refractivity contribution in [2.24, 2.45) is 12.0 Å². The maximum Gasteiger partial charge on any atom is 0.204 e. The molecule has 0 unspecified atom stereocenters. The molecule has 7 heteroatoms. The number of nitrogens with one attached hydrogen (secondary N) is 1. The molecule has 1 heterocycles. The van der Waals surface area contributed by atoms with Crippen molar-refractivity contribution in [1.82, 2.24) is 19.8 Å². The molecular formula is C17H25FN6. The minimum absolute atomic E-state index is 0.225. The van der Waals surface area contributed by atoms with Crippen LogP contribution >= 0.6 is 0 Å². The topological polar surface area (TPSA) is 48.7 Å². The number of benzene rings is 1. The lowest BCUT2D eigenvalue weighted by atomic mass is 10.2. The number of hydrogen-bond donors (Lipinski definition) is 1. The smallest absolute Gasteiger partial charge is 0.204 e. The zero-order valence-corrected chi connectivity index (χ0v) is 14.9. The lowest BCUT2D eigenvalue weighted by molar-refractivity contribution is 0.474. The van der Waals surface area contributed by atoms with Gasteiger partial charge in [-0.15, -0.1) is 0 Å². The first-order valence-electron chi connectivity index (χ1n) is 7.76. The van der Waals surface area contributed by atoms with Crippen LogP contribution in [0.25, 0.3) is 0 Å². The molecule has 2 aromatic rings. The molecule has 2 rings (SSSR count). The molecule has 0 aliphatic rings. The zero-order chi connectivity index (χ0) is 17.7. The van der Waals surface area contributed by atoms with Gasteiger partial charge in [-0.25, -0.2) is 9.37 Å². The van der Waals surface area contributed by atoms with Crippen molar-refractivity contribution >= 4 is 11.9 Å². The number of aliphatic imine (C=N–C) groups is 1. The van der Waals surface area contributed by atoms with Gasteiger partial charge in [0.1, 0.15) is 5.82 Å². The van der Waals surface area contributed by atoms with E-state index in [2.05, 4.69) is 15.3 Å². The summed E-state index contributed by atoms with van der Waals surface area (Å²) >= 11 is 0. The monoisotopic (exact) mass is 332 g/mol. The SMILES string of the molecule is CN=C(NCc1cnc(N(C)C)n1C)N(C)Cc1ccc(F)cc1. The Hall–Kier alpha value is -2.57. The molecule has 0 saturated heterocycles. The molecule has 0 fully saturated rings. The highest BCUT2D eigenvalue weighted by atomic mass is 19.1. The molecule has 1 N–H and O–H groups in total. The Morgan fingerprint density at radius 1 is 1.25 bits per heavy atom. The molecular weight excluding hydrogens is 307 g/mol. The first-order chi connectivity index (χ1) is 11.4. The van der Waals surface area contributed by atoms with Crippen LogP contribution in [-0.4, -0.2) is 48.6 Å². The summed E-state index contributed by atoms with van der Waals surface area (Å²) in [5.41, 5.74) is 2.09. The van der Waals surface area contributed by atoms with Crippen molar-refractivity contribution < 1.29 is 4.39 Å². The van der Waals surface area contributed by atoms with E-state index in [1.807, 2.05) is 48.8 Å². The maximum atomic E-state index is 13.0. The molecule has 0 bridgehead atoms. The van der Waals surface area contributed by atoms with Crippen molar-refractivity contribution in [3.63, 3.8) is 0 Å². The van der Waals surface area contributed by atoms with Gasteiger partial charge in [0, 0.05) is 41.8 Å². The molecule has 6 nitrogen and oxygen atoms in total. The van der Waals surface area contributed by atoms with E-state index in [1.165, 1.54) is 12.1 Å². The van der Waals surface area contributed by atoms with E-state index in [9.17, 15) is 4.39 Å². The minimum atomic E-state index is -0.225. The number of guanidine groups is 1. The van der Waals surface area contributed by atoms with Crippen LogP contribution in [-0.2, 0) is 20.1 Å². The minimum Gasteiger partial charge on any atom is -0.351 e. The van der Waals surface area contributed by atoms with Crippen LogP contribution in [0.1, 0.15) is 11.3 Å². The number of imidazole rings is 1. The summed E-state index contributed by atoms with van der Waals surface area (Å²) in [7, 11) is 9.62. The van der Waals surface area contributed by atoms with Crippen molar-refractivity contribution in [3.05, 3.63) is 47.5 Å². The van der Waals surface area contributed by atoms with Gasteiger partial charge in [-0.1, -0.05) is 12.1 Å². The van der Waals surface area contributed by atoms with Crippen molar-refractivity contribution in [2.75, 3.05) is 33.1 Å². The second-order valence-electron chi connectivity index (χ2n) is 5.89. The predicted octanol–water partition coefficient (Wildman–Crippen LogP) is 1.83. The first kappa shape index (κ1) is 17.8. The van der Waals surface area contributed by atoms with Crippen LogP contribution in [0, 0.1) is 5.82 Å². The predicted molar refractivity (Wildman–Crippen MR) is 95.6 cm³/mol. The molecule has 0 radical (unpaired) electrons. The normalized spacial score (nSPS) is 11.5. The summed E-state index contributed by atoms with van der Waals surface area (Å²) < 4.78 is 15.0. The molecule has 0 spiro atoms. The number of hydrogen-bond acceptors (Lipinski definition) is 3. The third-order valence-corrected chi connectivity index (χ3v) is 3.79. The van der Waals surface area contributed by atoms with Crippen LogP contribution in [0.5, 0.6) is 0 Å². The van der Waals surface area contributed by atoms with Crippen molar-refractivity contribution in [1.29, 1.82) is 0 Å². The number of halogens is 1. The fourth-order valence-corrected chi connectivity index (χ4v) is 2.51. The Morgan fingerprint density at radius 3 is 2.46 bits per heavy atom. The molecule has 0 atom stereocenters. The molecule has 0 amide bonds. The van der Waals surface area contributed by atoms with Crippen molar-refractivity contribution in [2.45, 2.75) is 13.1 Å². The van der Waals surface area contributed by atoms with Gasteiger partial charge in [-0.05, 0) is 17.7 Å². The number of aromatic nitrogens is 2. The van der Waals surface area contributed by atoms with Crippen LogP contribution < -0.4 is 10.2 Å². The Balaban J connectivity index is 1.98. The summed E-state index contributed by atoms with van der Waals surface area (Å²) in [5.74, 6) is 1.45. The third kappa shape index (κ3) is 4.24. The van der Waals surface area contributed by atoms with Gasteiger partial charge in [-0.2, -0.15) is 0 Å². The Labute approximate surface area is 142 Å². The zero-order valence-electron chi connectivity index (χ0n) is 14.9. The Bertz CT molecular complexity index is 690. The van der Waals surface area contributed by atoms with Gasteiger partial charge in [0.15, 0.2) is 5.96 Å². The first-order valence-corrected chi connectivity index (χ1v) is 7.76. The quantitative estimate of drug-likeness (QED) is 0.670. The number of nitrogens with zero attached hydrogens (tertiary/aromatic N) is 5. The lowest BCUT2D eigenvalue weighted by Crippen LogP contribution is -2.38. The van der Waals surface area contributed by atoms with E-state index in [1.54, 1.807) is 19.2 Å². The van der Waals surface area contributed by atoms with Crippen molar-refractivity contribution in [3.8, 4) is 0 Å². The molecule has 1 aromatic carbocycles. The van der Waals surface area contributed by atoms with E-state index in [0.717, 1.165) is 23.2 Å². The highest BCUT2D eigenvalue weighted by Crippen LogP contribution is 2.11. The Kier molecular flexibility index (Phi) is 5.78. The molecule has 24 heavy (non-hydrogen) atoms. The summed E-state index contributed by atoms with van der Waals surface area (Å²) in [6.07, 6.45) is 1.86. The van der Waals surface area contributed by atoms with Crippen LogP contribution in [0.4, 0.5) is 10.3 Å². The van der Waals surface area contributed by atoms with Crippen LogP contribution in [0.2, 0.25) is 0 Å². The second kappa shape index (κ2) is 7.81. The number of anilines is 1. The van der Waals surface area contributed by atoms with E-state index < -0.39 is 0 Å². The average molecular weight is 332 g/mol. The maximum absolute atomic E-state index is 13.0. The highest BCUT2D eigenvalue weighted by Gasteiger charge is 2.11. The van der Waals surface area contributed by atoms with Gasteiger partial charge in [0.05, 0.1) is 18.4 Å². The van der Waals surface area contributed by atoms with Crippen LogP contribution in [0.15, 0.2) is 35.5 Å². The van der Waals surface area contributed by atoms with Gasteiger partial charge in [0.25, 0.3) is 0 Å². The van der Waals surface area contributed by atoms with Gasteiger partial charge in [-0.3, -0.25) is 4.99 Å². The third-order valence-electron chi connectivity index (χ3n) is 3.79. The summed E-state index contributed by atoms with van der Waals surface area (Å²) in [4.78, 5) is 12.7. The van der Waals surface area contributed by atoms with Gasteiger partial charge < -0.3 is 19.7 Å². The molecule has 0 aliphatic carbocycles. The lowest BCUT2D eigenvalue weighted by Gasteiger charge is -2.22. The Morgan fingerprint density at radius 2 is 1.92 bits per heavy atom. The van der Waals surface area contributed by atoms with Crippen LogP contribution in [0.3, 0.4) is 0 Å². The fraction of sp³-hybridized carbons (Fsp3) is 0.412. The largest absolute Gasteiger partial charge is 0.351 e.